The van der Waals surface area contributed by atoms with Crippen molar-refractivity contribution in [3.8, 4) is 0 Å². The first kappa shape index (κ1) is 20.8. The van der Waals surface area contributed by atoms with Crippen molar-refractivity contribution in [2.24, 2.45) is 5.92 Å². The number of anilines is 2. The first-order valence-corrected chi connectivity index (χ1v) is 12.2. The van der Waals surface area contributed by atoms with Crippen molar-refractivity contribution >= 4 is 38.6 Å². The van der Waals surface area contributed by atoms with Crippen LogP contribution in [0, 0.1) is 5.92 Å². The first-order valence-electron chi connectivity index (χ1n) is 10.8. The summed E-state index contributed by atoms with van der Waals surface area (Å²) in [6.45, 7) is 1.88. The maximum atomic E-state index is 13.5. The van der Waals surface area contributed by atoms with E-state index in [0.717, 1.165) is 11.0 Å². The fourth-order valence-corrected chi connectivity index (χ4v) is 5.89. The lowest BCUT2D eigenvalue weighted by atomic mass is 9.96. The monoisotopic (exact) mass is 451 g/mol. The van der Waals surface area contributed by atoms with E-state index in [-0.39, 0.29) is 11.8 Å². The highest BCUT2D eigenvalue weighted by molar-refractivity contribution is 7.89. The van der Waals surface area contributed by atoms with E-state index in [1.807, 2.05) is 36.2 Å². The third-order valence-corrected chi connectivity index (χ3v) is 8.17. The van der Waals surface area contributed by atoms with Crippen molar-refractivity contribution in [1.82, 2.24) is 14.3 Å². The van der Waals surface area contributed by atoms with Crippen molar-refractivity contribution in [1.29, 1.82) is 0 Å². The Labute approximate surface area is 187 Å². The Kier molecular flexibility index (Phi) is 5.30. The molecule has 8 nitrogen and oxygen atoms in total. The normalized spacial score (nSPS) is 18.0. The Morgan fingerprint density at radius 2 is 1.44 bits per heavy atom. The maximum Gasteiger partial charge on any atom is 0.243 e. The topological polar surface area (TPSA) is 86.7 Å². The summed E-state index contributed by atoms with van der Waals surface area (Å²) in [4.78, 5) is 27.0. The summed E-state index contributed by atoms with van der Waals surface area (Å²) < 4.78 is 27.3. The summed E-state index contributed by atoms with van der Waals surface area (Å²) in [6.07, 6.45) is 0.987. The van der Waals surface area contributed by atoms with Crippen LogP contribution in [-0.2, 0) is 14.8 Å². The van der Waals surface area contributed by atoms with Gasteiger partial charge in [-0.05, 0) is 37.1 Å². The van der Waals surface area contributed by atoms with Gasteiger partial charge in [-0.1, -0.05) is 30.3 Å². The van der Waals surface area contributed by atoms with Gasteiger partial charge in [0.1, 0.15) is 0 Å². The summed E-state index contributed by atoms with van der Waals surface area (Å²) in [5.74, 6) is 1.05. The van der Waals surface area contributed by atoms with Crippen molar-refractivity contribution in [2.45, 2.75) is 17.7 Å². The lowest BCUT2D eigenvalue weighted by Gasteiger charge is -2.37. The molecule has 5 rings (SSSR count). The van der Waals surface area contributed by atoms with Gasteiger partial charge in [-0.2, -0.15) is 4.31 Å². The van der Waals surface area contributed by atoms with Gasteiger partial charge in [-0.15, -0.1) is 0 Å². The van der Waals surface area contributed by atoms with E-state index in [2.05, 4.69) is 0 Å². The molecule has 1 fully saturated rings. The quantitative estimate of drug-likeness (QED) is 0.608. The number of carbonyl (C=O) groups excluding carboxylic acids is 1. The van der Waals surface area contributed by atoms with Gasteiger partial charge >= 0.3 is 0 Å². The van der Waals surface area contributed by atoms with Gasteiger partial charge in [-0.25, -0.2) is 18.4 Å². The molecular formula is C23H25N5O3S. The number of sulfonamides is 1. The van der Waals surface area contributed by atoms with Crippen molar-refractivity contribution in [2.75, 3.05) is 43.0 Å². The number of amides is 1. The van der Waals surface area contributed by atoms with Crippen molar-refractivity contribution in [3.63, 3.8) is 0 Å². The number of hydrogen-bond donors (Lipinski definition) is 0. The molecule has 0 aliphatic carbocycles. The molecule has 166 valence electrons. The zero-order valence-electron chi connectivity index (χ0n) is 17.9. The standard InChI is InChI=1S/C23H25N5O3S/c1-26-15-16-28(22-21(26)24-19-9-5-6-10-20(19)25-22)23(29)17-11-13-27(14-12-17)32(30,31)18-7-3-2-4-8-18/h2-10,17H,11-16H2,1H3. The molecule has 0 N–H and O–H groups in total. The molecule has 0 unspecified atom stereocenters. The molecule has 0 saturated carbocycles. The number of piperidine rings is 1. The summed E-state index contributed by atoms with van der Waals surface area (Å²) >= 11 is 0. The molecule has 0 spiro atoms. The third-order valence-electron chi connectivity index (χ3n) is 6.26. The molecule has 2 aliphatic rings. The van der Waals surface area contributed by atoms with E-state index in [9.17, 15) is 13.2 Å². The maximum absolute atomic E-state index is 13.5. The fraction of sp³-hybridized carbons (Fsp3) is 0.348. The van der Waals surface area contributed by atoms with Crippen LogP contribution in [0.3, 0.4) is 0 Å². The Bertz CT molecular complexity index is 1260. The summed E-state index contributed by atoms with van der Waals surface area (Å²) in [6, 6.07) is 16.1. The number of carbonyl (C=O) groups is 1. The highest BCUT2D eigenvalue weighted by Gasteiger charge is 2.36. The zero-order valence-corrected chi connectivity index (χ0v) is 18.7. The van der Waals surface area contributed by atoms with Crippen LogP contribution in [-0.4, -0.2) is 61.8 Å². The van der Waals surface area contributed by atoms with Gasteiger partial charge in [0, 0.05) is 39.1 Å². The molecule has 0 atom stereocenters. The number of fused-ring (bicyclic) bond motifs is 2. The molecule has 1 amide bonds. The first-order chi connectivity index (χ1) is 15.4. The van der Waals surface area contributed by atoms with E-state index in [1.165, 1.54) is 4.31 Å². The zero-order chi connectivity index (χ0) is 22.3. The number of rotatable bonds is 3. The van der Waals surface area contributed by atoms with Crippen LogP contribution >= 0.6 is 0 Å². The van der Waals surface area contributed by atoms with Crippen LogP contribution in [0.1, 0.15) is 12.8 Å². The highest BCUT2D eigenvalue weighted by atomic mass is 32.2. The molecule has 2 aliphatic heterocycles. The predicted octanol–water partition coefficient (Wildman–Crippen LogP) is 2.51. The predicted molar refractivity (Wildman–Crippen MR) is 123 cm³/mol. The average Bonchev–Trinajstić information content (AvgIpc) is 2.83. The van der Waals surface area contributed by atoms with Crippen LogP contribution in [0.5, 0.6) is 0 Å². The van der Waals surface area contributed by atoms with Crippen LogP contribution < -0.4 is 9.80 Å². The Balaban J connectivity index is 1.35. The third kappa shape index (κ3) is 3.61. The van der Waals surface area contributed by atoms with Crippen LogP contribution in [0.2, 0.25) is 0 Å². The molecule has 1 aromatic heterocycles. The molecule has 0 bridgehead atoms. The molecule has 3 aromatic rings. The number of nitrogens with zero attached hydrogens (tertiary/aromatic N) is 5. The summed E-state index contributed by atoms with van der Waals surface area (Å²) in [5, 5.41) is 0. The van der Waals surface area contributed by atoms with E-state index < -0.39 is 10.0 Å². The molecule has 3 heterocycles. The van der Waals surface area contributed by atoms with E-state index in [0.29, 0.717) is 55.6 Å². The second-order valence-corrected chi connectivity index (χ2v) is 10.2. The van der Waals surface area contributed by atoms with Gasteiger partial charge in [0.2, 0.25) is 15.9 Å². The van der Waals surface area contributed by atoms with Gasteiger partial charge in [0.05, 0.1) is 15.9 Å². The van der Waals surface area contributed by atoms with Crippen LogP contribution in [0.15, 0.2) is 59.5 Å². The SMILES string of the molecule is CN1CCN(C(=O)C2CCN(S(=O)(=O)c3ccccc3)CC2)c2nc3ccccc3nc21. The van der Waals surface area contributed by atoms with Gasteiger partial charge < -0.3 is 4.90 Å². The molecule has 1 saturated heterocycles. The minimum absolute atomic E-state index is 0.000639. The van der Waals surface area contributed by atoms with Gasteiger partial charge in [0.25, 0.3) is 0 Å². The smallest absolute Gasteiger partial charge is 0.243 e. The highest BCUT2D eigenvalue weighted by Crippen LogP contribution is 2.33. The van der Waals surface area contributed by atoms with E-state index in [4.69, 9.17) is 9.97 Å². The molecule has 32 heavy (non-hydrogen) atoms. The number of likely N-dealkylation sites (N-methyl/N-ethyl adjacent to an activating group) is 1. The Morgan fingerprint density at radius 3 is 2.09 bits per heavy atom. The minimum atomic E-state index is -3.54. The molecular weight excluding hydrogens is 426 g/mol. The number of aromatic nitrogens is 2. The van der Waals surface area contributed by atoms with Gasteiger partial charge in [-0.3, -0.25) is 9.69 Å². The lowest BCUT2D eigenvalue weighted by molar-refractivity contribution is -0.123. The van der Waals surface area contributed by atoms with Gasteiger partial charge in [0.15, 0.2) is 11.6 Å². The second-order valence-electron chi connectivity index (χ2n) is 8.26. The lowest BCUT2D eigenvalue weighted by Crippen LogP contribution is -2.49. The minimum Gasteiger partial charge on any atom is -0.355 e. The average molecular weight is 452 g/mol. The summed E-state index contributed by atoms with van der Waals surface area (Å²) in [7, 11) is -1.58. The van der Waals surface area contributed by atoms with Crippen molar-refractivity contribution < 1.29 is 13.2 Å². The number of para-hydroxylation sites is 2. The second kappa shape index (κ2) is 8.14. The largest absolute Gasteiger partial charge is 0.355 e. The Morgan fingerprint density at radius 1 is 0.844 bits per heavy atom. The number of hydrogen-bond acceptors (Lipinski definition) is 6. The van der Waals surface area contributed by atoms with Crippen molar-refractivity contribution in [3.05, 3.63) is 54.6 Å². The van der Waals surface area contributed by atoms with Crippen LogP contribution in [0.4, 0.5) is 11.6 Å². The fourth-order valence-electron chi connectivity index (χ4n) is 4.40. The summed E-state index contributed by atoms with van der Waals surface area (Å²) in [5.41, 5.74) is 1.55. The molecule has 0 radical (unpaired) electrons. The molecule has 2 aromatic carbocycles. The molecule has 9 heteroatoms. The number of benzene rings is 2. The Hall–Kier alpha value is -3.04. The van der Waals surface area contributed by atoms with E-state index in [1.54, 1.807) is 35.2 Å². The van der Waals surface area contributed by atoms with Crippen LogP contribution in [0.25, 0.3) is 11.0 Å². The van der Waals surface area contributed by atoms with E-state index >= 15 is 0 Å².